The lowest BCUT2D eigenvalue weighted by Gasteiger charge is -2.09. The number of aryl methyl sites for hydroxylation is 2. The third kappa shape index (κ3) is 5.66. The Morgan fingerprint density at radius 1 is 1.04 bits per heavy atom. The molecule has 2 aromatic rings. The minimum Gasteiger partial charge on any atom is -0.207 e. The van der Waals surface area contributed by atoms with Gasteiger partial charge >= 0.3 is 0 Å². The molecule has 0 atom stereocenters. The van der Waals surface area contributed by atoms with Crippen LogP contribution in [0.15, 0.2) is 71.6 Å². The summed E-state index contributed by atoms with van der Waals surface area (Å²) in [5, 5.41) is 0. The monoisotopic (exact) mass is 329 g/mol. The molecule has 0 heterocycles. The molecule has 0 aliphatic heterocycles. The van der Waals surface area contributed by atoms with Crippen LogP contribution in [0.1, 0.15) is 24.0 Å². The van der Waals surface area contributed by atoms with Crippen LogP contribution in [0.3, 0.4) is 0 Å². The maximum absolute atomic E-state index is 12.2. The molecule has 0 aliphatic rings. The average molecular weight is 329 g/mol. The van der Waals surface area contributed by atoms with Gasteiger partial charge in [-0.3, -0.25) is 0 Å². The van der Waals surface area contributed by atoms with E-state index in [2.05, 4.69) is 23.4 Å². The molecule has 0 fully saturated rings. The number of benzene rings is 2. The summed E-state index contributed by atoms with van der Waals surface area (Å²) in [6, 6.07) is 17.1. The smallest absolute Gasteiger partial charge is 0.207 e. The molecule has 0 unspecified atom stereocenters. The van der Waals surface area contributed by atoms with Crippen LogP contribution >= 0.6 is 0 Å². The fourth-order valence-corrected chi connectivity index (χ4v) is 3.33. The molecule has 0 aliphatic carbocycles. The highest BCUT2D eigenvalue weighted by Crippen LogP contribution is 2.12. The third-order valence-corrected chi connectivity index (χ3v) is 5.10. The predicted molar refractivity (Wildman–Crippen MR) is 94.9 cm³/mol. The standard InChI is InChI=1S/C19H23NO2S/c1-16-11-13-19(14-12-16)23(21,22)20-15-17(2)7-6-10-18-8-4-3-5-9-18/h3-5,8-9,11-14,20H,2,6-7,10,15H2,1H3. The summed E-state index contributed by atoms with van der Waals surface area (Å²) in [5.41, 5.74) is 3.23. The maximum Gasteiger partial charge on any atom is 0.240 e. The lowest BCUT2D eigenvalue weighted by atomic mass is 10.1. The van der Waals surface area contributed by atoms with Crippen LogP contribution in [0.25, 0.3) is 0 Å². The van der Waals surface area contributed by atoms with E-state index in [0.29, 0.717) is 4.90 Å². The van der Waals surface area contributed by atoms with Crippen molar-refractivity contribution < 1.29 is 8.42 Å². The first kappa shape index (κ1) is 17.4. The maximum atomic E-state index is 12.2. The van der Waals surface area contributed by atoms with E-state index in [1.54, 1.807) is 24.3 Å². The van der Waals surface area contributed by atoms with Crippen molar-refractivity contribution in [3.05, 3.63) is 77.9 Å². The van der Waals surface area contributed by atoms with Gasteiger partial charge in [0, 0.05) is 6.54 Å². The van der Waals surface area contributed by atoms with Gasteiger partial charge in [-0.2, -0.15) is 0 Å². The van der Waals surface area contributed by atoms with Crippen molar-refractivity contribution in [1.29, 1.82) is 0 Å². The van der Waals surface area contributed by atoms with E-state index in [1.165, 1.54) is 5.56 Å². The Hall–Kier alpha value is -1.91. The molecule has 0 saturated carbocycles. The molecular formula is C19H23NO2S. The van der Waals surface area contributed by atoms with Crippen LogP contribution in [0.2, 0.25) is 0 Å². The zero-order valence-corrected chi connectivity index (χ0v) is 14.3. The average Bonchev–Trinajstić information content (AvgIpc) is 2.54. The highest BCUT2D eigenvalue weighted by molar-refractivity contribution is 7.89. The SMILES string of the molecule is C=C(CCCc1ccccc1)CNS(=O)(=O)c1ccc(C)cc1. The lowest BCUT2D eigenvalue weighted by Crippen LogP contribution is -2.25. The Bertz CT molecular complexity index is 735. The Morgan fingerprint density at radius 2 is 1.70 bits per heavy atom. The second-order valence-electron chi connectivity index (χ2n) is 5.73. The number of rotatable bonds is 8. The number of hydrogen-bond donors (Lipinski definition) is 1. The van der Waals surface area contributed by atoms with Crippen LogP contribution in [0.4, 0.5) is 0 Å². The zero-order valence-electron chi connectivity index (χ0n) is 13.5. The van der Waals surface area contributed by atoms with Crippen molar-refractivity contribution in [1.82, 2.24) is 4.72 Å². The molecular weight excluding hydrogens is 306 g/mol. The Labute approximate surface area is 139 Å². The van der Waals surface area contributed by atoms with Crippen molar-refractivity contribution in [2.24, 2.45) is 0 Å². The van der Waals surface area contributed by atoms with Gasteiger partial charge in [-0.05, 0) is 43.9 Å². The molecule has 0 saturated heterocycles. The van der Waals surface area contributed by atoms with E-state index in [1.807, 2.05) is 25.1 Å². The third-order valence-electron chi connectivity index (χ3n) is 3.68. The van der Waals surface area contributed by atoms with Crippen molar-refractivity contribution in [2.45, 2.75) is 31.1 Å². The molecule has 122 valence electrons. The largest absolute Gasteiger partial charge is 0.240 e. The molecule has 23 heavy (non-hydrogen) atoms. The lowest BCUT2D eigenvalue weighted by molar-refractivity contribution is 0.583. The first-order valence-electron chi connectivity index (χ1n) is 7.74. The molecule has 0 aromatic heterocycles. The summed E-state index contributed by atoms with van der Waals surface area (Å²) in [5.74, 6) is 0. The Kier molecular flexibility index (Phi) is 6.13. The van der Waals surface area contributed by atoms with Crippen molar-refractivity contribution in [3.8, 4) is 0 Å². The van der Waals surface area contributed by atoms with Crippen LogP contribution in [-0.2, 0) is 16.4 Å². The second kappa shape index (κ2) is 8.09. The van der Waals surface area contributed by atoms with Gasteiger partial charge in [0.1, 0.15) is 0 Å². The van der Waals surface area contributed by atoms with Gasteiger partial charge in [-0.1, -0.05) is 60.2 Å². The van der Waals surface area contributed by atoms with Crippen LogP contribution in [-0.4, -0.2) is 15.0 Å². The normalized spacial score (nSPS) is 11.3. The van der Waals surface area contributed by atoms with Gasteiger partial charge in [0.05, 0.1) is 4.90 Å². The number of hydrogen-bond acceptors (Lipinski definition) is 2. The van der Waals surface area contributed by atoms with Gasteiger partial charge in [-0.25, -0.2) is 13.1 Å². The number of sulfonamides is 1. The summed E-state index contributed by atoms with van der Waals surface area (Å²) in [6.07, 6.45) is 2.75. The zero-order chi connectivity index (χ0) is 16.7. The molecule has 1 N–H and O–H groups in total. The molecule has 0 radical (unpaired) electrons. The van der Waals surface area contributed by atoms with E-state index in [0.717, 1.165) is 30.4 Å². The second-order valence-corrected chi connectivity index (χ2v) is 7.49. The van der Waals surface area contributed by atoms with Crippen molar-refractivity contribution in [2.75, 3.05) is 6.54 Å². The van der Waals surface area contributed by atoms with Gasteiger partial charge < -0.3 is 0 Å². The summed E-state index contributed by atoms with van der Waals surface area (Å²) in [4.78, 5) is 0.292. The molecule has 3 nitrogen and oxygen atoms in total. The van der Waals surface area contributed by atoms with E-state index >= 15 is 0 Å². The van der Waals surface area contributed by atoms with Crippen molar-refractivity contribution in [3.63, 3.8) is 0 Å². The van der Waals surface area contributed by atoms with Gasteiger partial charge in [-0.15, -0.1) is 0 Å². The van der Waals surface area contributed by atoms with E-state index in [9.17, 15) is 8.42 Å². The summed E-state index contributed by atoms with van der Waals surface area (Å²) in [7, 11) is -3.46. The first-order valence-corrected chi connectivity index (χ1v) is 9.22. The fraction of sp³-hybridized carbons (Fsp3) is 0.263. The summed E-state index contributed by atoms with van der Waals surface area (Å²) in [6.45, 7) is 6.18. The molecule has 0 spiro atoms. The van der Waals surface area contributed by atoms with Crippen LogP contribution in [0, 0.1) is 6.92 Å². The Morgan fingerprint density at radius 3 is 2.35 bits per heavy atom. The molecule has 0 bridgehead atoms. The van der Waals surface area contributed by atoms with Gasteiger partial charge in [0.15, 0.2) is 0 Å². The molecule has 4 heteroatoms. The molecule has 2 aromatic carbocycles. The molecule has 2 rings (SSSR count). The summed E-state index contributed by atoms with van der Waals surface area (Å²) >= 11 is 0. The number of nitrogens with one attached hydrogen (secondary N) is 1. The van der Waals surface area contributed by atoms with Gasteiger partial charge in [0.25, 0.3) is 0 Å². The highest BCUT2D eigenvalue weighted by Gasteiger charge is 2.13. The predicted octanol–water partition coefficient (Wildman–Crippen LogP) is 3.85. The summed E-state index contributed by atoms with van der Waals surface area (Å²) < 4.78 is 27.0. The van der Waals surface area contributed by atoms with Gasteiger partial charge in [0.2, 0.25) is 10.0 Å². The van der Waals surface area contributed by atoms with Crippen LogP contribution < -0.4 is 4.72 Å². The van der Waals surface area contributed by atoms with Crippen LogP contribution in [0.5, 0.6) is 0 Å². The van der Waals surface area contributed by atoms with E-state index < -0.39 is 10.0 Å². The fourth-order valence-electron chi connectivity index (χ4n) is 2.27. The topological polar surface area (TPSA) is 46.2 Å². The Balaban J connectivity index is 1.78. The minimum absolute atomic E-state index is 0.283. The van der Waals surface area contributed by atoms with E-state index in [4.69, 9.17) is 0 Å². The van der Waals surface area contributed by atoms with Crippen molar-refractivity contribution >= 4 is 10.0 Å². The highest BCUT2D eigenvalue weighted by atomic mass is 32.2. The molecule has 0 amide bonds. The first-order chi connectivity index (χ1) is 11.0. The quantitative estimate of drug-likeness (QED) is 0.748. The minimum atomic E-state index is -3.46. The van der Waals surface area contributed by atoms with E-state index in [-0.39, 0.29) is 6.54 Å².